The van der Waals surface area contributed by atoms with E-state index in [1.54, 1.807) is 78.9 Å². The summed E-state index contributed by atoms with van der Waals surface area (Å²) in [5, 5.41) is 2.86. The predicted octanol–water partition coefficient (Wildman–Crippen LogP) is 7.10. The number of benzene rings is 3. The minimum atomic E-state index is -4.64. The van der Waals surface area contributed by atoms with Gasteiger partial charge in [-0.05, 0) is 47.5 Å². The molecule has 1 aromatic heterocycles. The first-order valence-corrected chi connectivity index (χ1v) is 11.3. The lowest BCUT2D eigenvalue weighted by Crippen LogP contribution is -2.56. The Labute approximate surface area is 210 Å². The molecule has 178 valence electrons. The van der Waals surface area contributed by atoms with Crippen LogP contribution in [0.4, 0.5) is 13.2 Å². The molecule has 0 spiro atoms. The van der Waals surface area contributed by atoms with Crippen LogP contribution in [0.3, 0.4) is 0 Å². The molecule has 0 saturated carbocycles. The number of aromatic nitrogens is 1. The average Bonchev–Trinajstić information content (AvgIpc) is 2.88. The Morgan fingerprint density at radius 3 is 1.89 bits per heavy atom. The SMILES string of the molecule is O=C(NC(c1cccc(C(F)(F)F)c1)(c1ccccn1)C(Cl)(Cl)c1ccccc1)c1ccccc1. The van der Waals surface area contributed by atoms with E-state index >= 15 is 0 Å². The average molecular weight is 515 g/mol. The fourth-order valence-corrected chi connectivity index (χ4v) is 4.67. The van der Waals surface area contributed by atoms with Gasteiger partial charge in [0.25, 0.3) is 5.91 Å². The molecule has 0 saturated heterocycles. The minimum Gasteiger partial charge on any atom is -0.334 e. The third kappa shape index (κ3) is 4.77. The highest BCUT2D eigenvalue weighted by atomic mass is 35.5. The third-order valence-electron chi connectivity index (χ3n) is 5.62. The highest BCUT2D eigenvalue weighted by molar-refractivity contribution is 6.49. The number of hydrogen-bond donors (Lipinski definition) is 1. The lowest BCUT2D eigenvalue weighted by Gasteiger charge is -2.44. The van der Waals surface area contributed by atoms with E-state index in [-0.39, 0.29) is 16.8 Å². The van der Waals surface area contributed by atoms with Crippen LogP contribution in [0.15, 0.2) is 109 Å². The van der Waals surface area contributed by atoms with Gasteiger partial charge in [0.15, 0.2) is 4.33 Å². The first kappa shape index (κ1) is 24.8. The zero-order valence-corrected chi connectivity index (χ0v) is 19.6. The number of carbonyl (C=O) groups excluding carboxylic acids is 1. The molecule has 1 heterocycles. The van der Waals surface area contributed by atoms with Crippen molar-refractivity contribution >= 4 is 29.1 Å². The maximum absolute atomic E-state index is 13.7. The normalized spacial score (nSPS) is 13.6. The number of halogens is 5. The topological polar surface area (TPSA) is 42.0 Å². The van der Waals surface area contributed by atoms with Crippen molar-refractivity contribution in [1.29, 1.82) is 0 Å². The summed E-state index contributed by atoms with van der Waals surface area (Å²) in [5.74, 6) is -0.588. The monoisotopic (exact) mass is 514 g/mol. The van der Waals surface area contributed by atoms with Gasteiger partial charge < -0.3 is 5.32 Å². The van der Waals surface area contributed by atoms with Gasteiger partial charge in [-0.3, -0.25) is 9.78 Å². The van der Waals surface area contributed by atoms with Crippen molar-refractivity contribution in [2.24, 2.45) is 0 Å². The third-order valence-corrected chi connectivity index (χ3v) is 6.62. The summed E-state index contributed by atoms with van der Waals surface area (Å²) in [6.07, 6.45) is -3.18. The molecule has 0 radical (unpaired) electrons. The van der Waals surface area contributed by atoms with Gasteiger partial charge in [0.1, 0.15) is 5.54 Å². The summed E-state index contributed by atoms with van der Waals surface area (Å²) >= 11 is 14.2. The summed E-state index contributed by atoms with van der Waals surface area (Å²) in [5.41, 5.74) is -2.01. The van der Waals surface area contributed by atoms with Crippen molar-refractivity contribution in [3.05, 3.63) is 137 Å². The fraction of sp³-hybridized carbons (Fsp3) is 0.111. The number of nitrogens with zero attached hydrogens (tertiary/aromatic N) is 1. The van der Waals surface area contributed by atoms with Crippen LogP contribution in [-0.2, 0) is 16.0 Å². The first-order chi connectivity index (χ1) is 16.7. The van der Waals surface area contributed by atoms with Crippen molar-refractivity contribution in [3.8, 4) is 0 Å². The lowest BCUT2D eigenvalue weighted by molar-refractivity contribution is -0.137. The van der Waals surface area contributed by atoms with E-state index in [2.05, 4.69) is 10.3 Å². The Hall–Kier alpha value is -3.35. The summed E-state index contributed by atoms with van der Waals surface area (Å²) in [4.78, 5) is 17.9. The molecule has 3 nitrogen and oxygen atoms in total. The molecular weight excluding hydrogens is 496 g/mol. The van der Waals surface area contributed by atoms with Gasteiger partial charge in [0.05, 0.1) is 11.3 Å². The van der Waals surface area contributed by atoms with Crippen LogP contribution < -0.4 is 5.32 Å². The van der Waals surface area contributed by atoms with Crippen molar-refractivity contribution in [2.45, 2.75) is 16.0 Å². The standard InChI is InChI=1S/C27H19Cl2F3N2O/c28-26(29,20-12-5-2-6-13-20)25(23-16-7-8-17-33-23,34-24(35)19-10-3-1-4-11-19)21-14-9-15-22(18-21)27(30,31)32/h1-18H,(H,34,35). The van der Waals surface area contributed by atoms with Crippen LogP contribution in [-0.4, -0.2) is 10.9 Å². The van der Waals surface area contributed by atoms with Crippen molar-refractivity contribution in [2.75, 3.05) is 0 Å². The number of nitrogens with one attached hydrogen (secondary N) is 1. The van der Waals surface area contributed by atoms with Crippen LogP contribution in [0.25, 0.3) is 0 Å². The number of rotatable bonds is 6. The molecule has 8 heteroatoms. The zero-order valence-electron chi connectivity index (χ0n) is 18.1. The Balaban J connectivity index is 2.05. The van der Waals surface area contributed by atoms with E-state index in [9.17, 15) is 18.0 Å². The van der Waals surface area contributed by atoms with E-state index in [4.69, 9.17) is 23.2 Å². The van der Waals surface area contributed by atoms with E-state index in [0.29, 0.717) is 5.56 Å². The molecule has 0 aliphatic rings. The second-order valence-corrected chi connectivity index (χ2v) is 9.13. The van der Waals surface area contributed by atoms with Crippen LogP contribution in [0.1, 0.15) is 32.7 Å². The molecule has 1 N–H and O–H groups in total. The smallest absolute Gasteiger partial charge is 0.334 e. The Morgan fingerprint density at radius 1 is 0.714 bits per heavy atom. The van der Waals surface area contributed by atoms with Crippen LogP contribution >= 0.6 is 23.2 Å². The molecule has 3 aromatic carbocycles. The predicted molar refractivity (Wildman–Crippen MR) is 130 cm³/mol. The molecule has 1 amide bonds. The van der Waals surface area contributed by atoms with Gasteiger partial charge in [-0.1, -0.05) is 89.9 Å². The second-order valence-electron chi connectivity index (χ2n) is 7.80. The number of carbonyl (C=O) groups is 1. The van der Waals surface area contributed by atoms with E-state index in [1.807, 2.05) is 0 Å². The molecule has 0 aliphatic carbocycles. The molecular formula is C27H19Cl2F3N2O. The van der Waals surface area contributed by atoms with E-state index in [1.165, 1.54) is 18.3 Å². The van der Waals surface area contributed by atoms with Gasteiger partial charge in [-0.15, -0.1) is 0 Å². The van der Waals surface area contributed by atoms with Gasteiger partial charge in [0.2, 0.25) is 0 Å². The maximum Gasteiger partial charge on any atom is 0.416 e. The largest absolute Gasteiger partial charge is 0.416 e. The molecule has 0 fully saturated rings. The highest BCUT2D eigenvalue weighted by Crippen LogP contribution is 2.53. The molecule has 35 heavy (non-hydrogen) atoms. The molecule has 4 aromatic rings. The molecule has 1 atom stereocenters. The molecule has 4 rings (SSSR count). The van der Waals surface area contributed by atoms with Crippen molar-refractivity contribution in [1.82, 2.24) is 10.3 Å². The number of pyridine rings is 1. The van der Waals surface area contributed by atoms with Gasteiger partial charge in [-0.25, -0.2) is 0 Å². The van der Waals surface area contributed by atoms with Crippen molar-refractivity contribution < 1.29 is 18.0 Å². The molecule has 0 bridgehead atoms. The molecule has 1 unspecified atom stereocenters. The second kappa shape index (κ2) is 9.72. The Kier molecular flexibility index (Phi) is 6.88. The van der Waals surface area contributed by atoms with Crippen molar-refractivity contribution in [3.63, 3.8) is 0 Å². The van der Waals surface area contributed by atoms with Gasteiger partial charge in [0, 0.05) is 11.8 Å². The van der Waals surface area contributed by atoms with E-state index < -0.39 is 27.5 Å². The number of hydrogen-bond acceptors (Lipinski definition) is 2. The lowest BCUT2D eigenvalue weighted by atomic mass is 9.78. The zero-order chi connectivity index (χ0) is 25.1. The highest BCUT2D eigenvalue weighted by Gasteiger charge is 2.56. The first-order valence-electron chi connectivity index (χ1n) is 10.6. The van der Waals surface area contributed by atoms with Gasteiger partial charge in [-0.2, -0.15) is 13.2 Å². The van der Waals surface area contributed by atoms with Crippen LogP contribution in [0.5, 0.6) is 0 Å². The Morgan fingerprint density at radius 2 is 1.29 bits per heavy atom. The van der Waals surface area contributed by atoms with Gasteiger partial charge >= 0.3 is 6.18 Å². The number of amides is 1. The van der Waals surface area contributed by atoms with Crippen LogP contribution in [0, 0.1) is 0 Å². The van der Waals surface area contributed by atoms with E-state index in [0.717, 1.165) is 12.1 Å². The fourth-order valence-electron chi connectivity index (χ4n) is 3.91. The Bertz CT molecular complexity index is 1300. The summed E-state index contributed by atoms with van der Waals surface area (Å²) < 4.78 is 39.2. The molecule has 0 aliphatic heterocycles. The summed E-state index contributed by atoms with van der Waals surface area (Å²) in [7, 11) is 0. The summed E-state index contributed by atoms with van der Waals surface area (Å²) in [6, 6.07) is 26.1. The quantitative estimate of drug-likeness (QED) is 0.278. The number of alkyl halides is 5. The van der Waals surface area contributed by atoms with Crippen LogP contribution in [0.2, 0.25) is 0 Å². The minimum absolute atomic E-state index is 0.0177. The summed E-state index contributed by atoms with van der Waals surface area (Å²) in [6.45, 7) is 0. The maximum atomic E-state index is 13.7.